The summed E-state index contributed by atoms with van der Waals surface area (Å²) in [4.78, 5) is 12.4. The first-order valence-corrected chi connectivity index (χ1v) is 15.6. The first kappa shape index (κ1) is 28.0. The van der Waals surface area contributed by atoms with Crippen molar-refractivity contribution in [2.24, 2.45) is 52.3 Å². The van der Waals surface area contributed by atoms with Gasteiger partial charge in [-0.25, -0.2) is 4.79 Å². The van der Waals surface area contributed by atoms with Gasteiger partial charge in [0.1, 0.15) is 6.10 Å². The second-order valence-electron chi connectivity index (χ2n) is 14.6. The molecular weight excluding hydrogens is 440 g/mol. The summed E-state index contributed by atoms with van der Waals surface area (Å²) in [6, 6.07) is 0. The van der Waals surface area contributed by atoms with Crippen LogP contribution in [0.25, 0.3) is 0 Å². The minimum absolute atomic E-state index is 0.0634. The third kappa shape index (κ3) is 5.68. The Labute approximate surface area is 223 Å². The molecule has 0 bridgehead atoms. The monoisotopic (exact) mass is 496 g/mol. The second kappa shape index (κ2) is 11.4. The van der Waals surface area contributed by atoms with Gasteiger partial charge in [0.25, 0.3) is 0 Å². The fourth-order valence-corrected chi connectivity index (χ4v) is 9.39. The van der Waals surface area contributed by atoms with E-state index in [1.807, 2.05) is 6.08 Å². The van der Waals surface area contributed by atoms with Crippen molar-refractivity contribution >= 4 is 5.97 Å². The van der Waals surface area contributed by atoms with Crippen LogP contribution in [0.15, 0.2) is 23.8 Å². The highest BCUT2D eigenvalue weighted by Gasteiger charge is 2.59. The van der Waals surface area contributed by atoms with E-state index in [-0.39, 0.29) is 12.1 Å². The molecule has 4 aliphatic rings. The molecule has 204 valence electrons. The molecule has 36 heavy (non-hydrogen) atoms. The average Bonchev–Trinajstić information content (AvgIpc) is 3.16. The quantitative estimate of drug-likeness (QED) is 0.180. The molecule has 4 aliphatic carbocycles. The molecular formula is C34H56O2. The van der Waals surface area contributed by atoms with E-state index in [0.29, 0.717) is 16.7 Å². The van der Waals surface area contributed by atoms with Crippen molar-refractivity contribution in [2.75, 3.05) is 0 Å². The number of rotatable bonds is 9. The largest absolute Gasteiger partial charge is 0.459 e. The lowest BCUT2D eigenvalue weighted by atomic mass is 9.47. The zero-order valence-corrected chi connectivity index (χ0v) is 24.7. The molecule has 2 heteroatoms. The number of hydrogen-bond acceptors (Lipinski definition) is 2. The predicted octanol–water partition coefficient (Wildman–Crippen LogP) is 9.54. The highest BCUT2D eigenvalue weighted by Crippen LogP contribution is 2.67. The number of carbonyl (C=O) groups is 1. The summed E-state index contributed by atoms with van der Waals surface area (Å²) in [5, 5.41) is 0. The van der Waals surface area contributed by atoms with Gasteiger partial charge in [0.05, 0.1) is 0 Å². The zero-order valence-electron chi connectivity index (χ0n) is 24.7. The molecule has 0 aromatic carbocycles. The first-order chi connectivity index (χ1) is 17.0. The number of ether oxygens (including phenoxy) is 1. The first-order valence-electron chi connectivity index (χ1n) is 15.6. The van der Waals surface area contributed by atoms with Crippen LogP contribution >= 0.6 is 0 Å². The van der Waals surface area contributed by atoms with Gasteiger partial charge in [-0.05, 0) is 104 Å². The van der Waals surface area contributed by atoms with Crippen molar-refractivity contribution in [1.82, 2.24) is 0 Å². The molecule has 0 saturated heterocycles. The van der Waals surface area contributed by atoms with Crippen LogP contribution in [0.2, 0.25) is 0 Å². The Hall–Kier alpha value is -1.05. The summed E-state index contributed by atoms with van der Waals surface area (Å²) in [7, 11) is 0. The standard InChI is InChI=1S/C34H56O2/c1-23(2)10-8-12-25(5)29-16-17-30-28-15-14-26-22-27(36-32(35)13-9-11-24(3)4)18-20-33(26,6)31(28)19-21-34(29,30)7/h9,13-14,23-25,27-31H,8,10-12,15-22H2,1-7H3/b13-9+/t25-,27-,28+,29-,30+,31+,33-,34-/m0/s1. The van der Waals surface area contributed by atoms with E-state index in [2.05, 4.69) is 54.5 Å². The third-order valence-electron chi connectivity index (χ3n) is 11.4. The zero-order chi connectivity index (χ0) is 26.1. The van der Waals surface area contributed by atoms with Crippen LogP contribution in [-0.2, 0) is 9.53 Å². The van der Waals surface area contributed by atoms with Gasteiger partial charge in [0.15, 0.2) is 0 Å². The van der Waals surface area contributed by atoms with Crippen LogP contribution < -0.4 is 0 Å². The SMILES string of the molecule is CC(C)C/C=C/C(=O)O[C@H]1CC[C@@]2(C)C(=CC[C@@H]3[C@H]4CC[C@@H]([C@@H](C)CCCC(C)C)[C@]4(C)CC[C@H]32)C1. The summed E-state index contributed by atoms with van der Waals surface area (Å²) >= 11 is 0. The minimum Gasteiger partial charge on any atom is -0.459 e. The molecule has 0 radical (unpaired) electrons. The smallest absolute Gasteiger partial charge is 0.330 e. The van der Waals surface area contributed by atoms with Crippen LogP contribution in [-0.4, -0.2) is 12.1 Å². The van der Waals surface area contributed by atoms with Crippen molar-refractivity contribution in [3.8, 4) is 0 Å². The predicted molar refractivity (Wildman–Crippen MR) is 152 cm³/mol. The van der Waals surface area contributed by atoms with E-state index in [9.17, 15) is 4.79 Å². The average molecular weight is 497 g/mol. The highest BCUT2D eigenvalue weighted by atomic mass is 16.5. The summed E-state index contributed by atoms with van der Waals surface area (Å²) in [5.41, 5.74) is 2.48. The number of hydrogen-bond donors (Lipinski definition) is 0. The molecule has 0 amide bonds. The Morgan fingerprint density at radius 3 is 2.50 bits per heavy atom. The molecule has 2 nitrogen and oxygen atoms in total. The van der Waals surface area contributed by atoms with E-state index < -0.39 is 0 Å². The molecule has 3 saturated carbocycles. The summed E-state index contributed by atoms with van der Waals surface area (Å²) in [6.45, 7) is 16.9. The summed E-state index contributed by atoms with van der Waals surface area (Å²) in [6.07, 6.45) is 21.6. The van der Waals surface area contributed by atoms with Gasteiger partial charge < -0.3 is 4.74 Å². The number of allylic oxidation sites excluding steroid dienone is 2. The molecule has 0 spiro atoms. The van der Waals surface area contributed by atoms with E-state index in [1.54, 1.807) is 11.6 Å². The van der Waals surface area contributed by atoms with Gasteiger partial charge in [-0.3, -0.25) is 0 Å². The van der Waals surface area contributed by atoms with Crippen LogP contribution in [0, 0.1) is 52.3 Å². The van der Waals surface area contributed by atoms with Crippen molar-refractivity contribution in [1.29, 1.82) is 0 Å². The number of carbonyl (C=O) groups excluding carboxylic acids is 1. The van der Waals surface area contributed by atoms with Crippen LogP contribution in [0.4, 0.5) is 0 Å². The van der Waals surface area contributed by atoms with Gasteiger partial charge >= 0.3 is 5.97 Å². The second-order valence-corrected chi connectivity index (χ2v) is 14.6. The Balaban J connectivity index is 1.39. The van der Waals surface area contributed by atoms with Gasteiger partial charge in [-0.2, -0.15) is 0 Å². The van der Waals surface area contributed by atoms with Gasteiger partial charge in [-0.1, -0.05) is 85.5 Å². The maximum atomic E-state index is 12.4. The fourth-order valence-electron chi connectivity index (χ4n) is 9.39. The molecule has 0 heterocycles. The van der Waals surface area contributed by atoms with Crippen LogP contribution in [0.3, 0.4) is 0 Å². The van der Waals surface area contributed by atoms with Gasteiger partial charge in [-0.15, -0.1) is 0 Å². The minimum atomic E-state index is -0.147. The van der Waals surface area contributed by atoms with Crippen LogP contribution in [0.5, 0.6) is 0 Å². The summed E-state index contributed by atoms with van der Waals surface area (Å²) < 4.78 is 5.91. The Bertz CT molecular complexity index is 821. The van der Waals surface area contributed by atoms with E-state index in [0.717, 1.165) is 54.8 Å². The van der Waals surface area contributed by atoms with E-state index in [1.165, 1.54) is 57.8 Å². The topological polar surface area (TPSA) is 26.3 Å². The van der Waals surface area contributed by atoms with Crippen molar-refractivity contribution in [2.45, 2.75) is 132 Å². The molecule has 8 atom stereocenters. The third-order valence-corrected chi connectivity index (χ3v) is 11.4. The highest BCUT2D eigenvalue weighted by molar-refractivity contribution is 5.82. The summed E-state index contributed by atoms with van der Waals surface area (Å²) in [5.74, 6) is 5.66. The van der Waals surface area contributed by atoms with Crippen molar-refractivity contribution in [3.63, 3.8) is 0 Å². The van der Waals surface area contributed by atoms with E-state index >= 15 is 0 Å². The lowest BCUT2D eigenvalue weighted by molar-refractivity contribution is -0.145. The molecule has 0 aromatic heterocycles. The molecule has 0 unspecified atom stereocenters. The lowest BCUT2D eigenvalue weighted by Gasteiger charge is -2.58. The Morgan fingerprint density at radius 1 is 1.00 bits per heavy atom. The van der Waals surface area contributed by atoms with Crippen molar-refractivity contribution < 1.29 is 9.53 Å². The molecule has 3 fully saturated rings. The number of fused-ring (bicyclic) bond motifs is 5. The normalized spacial score (nSPS) is 39.0. The Morgan fingerprint density at radius 2 is 1.78 bits per heavy atom. The molecule has 4 rings (SSSR count). The fraction of sp³-hybridized carbons (Fsp3) is 0.853. The lowest BCUT2D eigenvalue weighted by Crippen LogP contribution is -2.51. The van der Waals surface area contributed by atoms with Crippen LogP contribution in [0.1, 0.15) is 126 Å². The maximum absolute atomic E-state index is 12.4. The molecule has 0 aliphatic heterocycles. The Kier molecular flexibility index (Phi) is 8.83. The van der Waals surface area contributed by atoms with Gasteiger partial charge in [0.2, 0.25) is 0 Å². The maximum Gasteiger partial charge on any atom is 0.330 e. The number of esters is 1. The van der Waals surface area contributed by atoms with E-state index in [4.69, 9.17) is 4.74 Å². The molecule has 0 N–H and O–H groups in total. The molecule has 0 aromatic rings. The van der Waals surface area contributed by atoms with Gasteiger partial charge in [0, 0.05) is 12.5 Å². The van der Waals surface area contributed by atoms with Crippen molar-refractivity contribution in [3.05, 3.63) is 23.8 Å².